The van der Waals surface area contributed by atoms with Crippen molar-refractivity contribution in [2.75, 3.05) is 23.8 Å². The summed E-state index contributed by atoms with van der Waals surface area (Å²) < 4.78 is 10.4. The summed E-state index contributed by atoms with van der Waals surface area (Å²) in [6, 6.07) is 26.5. The molecule has 5 saturated carbocycles. The van der Waals surface area contributed by atoms with E-state index in [1.807, 2.05) is 68.7 Å². The van der Waals surface area contributed by atoms with Gasteiger partial charge in [-0.25, -0.2) is 9.59 Å². The zero-order valence-electron chi connectivity index (χ0n) is 33.6. The normalized spacial score (nSPS) is 21.7. The fourth-order valence-electron chi connectivity index (χ4n) is 10.6. The minimum absolute atomic E-state index is 0. The van der Waals surface area contributed by atoms with Crippen LogP contribution in [0.5, 0.6) is 0 Å². The van der Waals surface area contributed by atoms with E-state index in [1.54, 1.807) is 0 Å². The quantitative estimate of drug-likeness (QED) is 0.123. The Morgan fingerprint density at radius 3 is 1.69 bits per heavy atom. The maximum atomic E-state index is 12.3. The SMILES string of the molecule is C.C.CCOC(=O)c1ccc(CC23CC4CC(CC(C4)C2)C3)c(NCc2ccncc2)c1.CCOC(=O)c1ccc(CC2CCCCC2)c(NCc2ccccc2)c1. The predicted molar refractivity (Wildman–Crippen MR) is 238 cm³/mol. The van der Waals surface area contributed by atoms with Crippen LogP contribution in [0.4, 0.5) is 11.4 Å². The van der Waals surface area contributed by atoms with Crippen LogP contribution in [0.25, 0.3) is 0 Å². The van der Waals surface area contributed by atoms with Gasteiger partial charge in [0.25, 0.3) is 0 Å². The van der Waals surface area contributed by atoms with Gasteiger partial charge in [-0.05, 0) is 153 Å². The number of ether oxygens (including phenoxy) is 2. The number of anilines is 2. The first-order chi connectivity index (χ1) is 27.4. The second-order valence-electron chi connectivity index (χ2n) is 17.0. The van der Waals surface area contributed by atoms with Gasteiger partial charge < -0.3 is 20.1 Å². The number of benzene rings is 3. The second kappa shape index (κ2) is 21.4. The summed E-state index contributed by atoms with van der Waals surface area (Å²) in [5.41, 5.74) is 8.92. The molecule has 5 aliphatic carbocycles. The maximum absolute atomic E-state index is 12.3. The highest BCUT2D eigenvalue weighted by Crippen LogP contribution is 2.61. The van der Waals surface area contributed by atoms with Crippen LogP contribution in [-0.2, 0) is 35.4 Å². The maximum Gasteiger partial charge on any atom is 0.338 e. The Hall–Kier alpha value is -4.65. The van der Waals surface area contributed by atoms with Crippen molar-refractivity contribution >= 4 is 23.3 Å². The Bertz CT molecular complexity index is 1850. The molecular weight excluding hydrogens is 719 g/mol. The average molecular weight is 788 g/mol. The van der Waals surface area contributed by atoms with Gasteiger partial charge in [-0.2, -0.15) is 0 Å². The number of nitrogens with zero attached hydrogens (tertiary/aromatic N) is 1. The monoisotopic (exact) mass is 788 g/mol. The molecule has 0 radical (unpaired) electrons. The van der Waals surface area contributed by atoms with Gasteiger partial charge in [0.15, 0.2) is 0 Å². The highest BCUT2D eigenvalue weighted by atomic mass is 16.5. The summed E-state index contributed by atoms with van der Waals surface area (Å²) in [5.74, 6) is 3.11. The van der Waals surface area contributed by atoms with Crippen molar-refractivity contribution in [3.05, 3.63) is 125 Å². The number of esters is 2. The molecule has 2 N–H and O–H groups in total. The van der Waals surface area contributed by atoms with Crippen LogP contribution in [0, 0.1) is 29.1 Å². The third-order valence-electron chi connectivity index (χ3n) is 12.8. The van der Waals surface area contributed by atoms with Crippen molar-refractivity contribution in [3.8, 4) is 0 Å². The van der Waals surface area contributed by atoms with E-state index in [0.29, 0.717) is 29.8 Å². The van der Waals surface area contributed by atoms with Crippen LogP contribution in [0.15, 0.2) is 91.3 Å². The largest absolute Gasteiger partial charge is 0.462 e. The fraction of sp³-hybridized carbons (Fsp3) is 0.510. The van der Waals surface area contributed by atoms with Crippen molar-refractivity contribution in [1.29, 1.82) is 0 Å². The third-order valence-corrected chi connectivity index (χ3v) is 12.8. The highest BCUT2D eigenvalue weighted by Gasteiger charge is 2.50. The van der Waals surface area contributed by atoms with Gasteiger partial charge in [-0.1, -0.05) is 89.4 Å². The molecule has 9 rings (SSSR count). The van der Waals surface area contributed by atoms with Crippen LogP contribution >= 0.6 is 0 Å². The van der Waals surface area contributed by atoms with Crippen LogP contribution < -0.4 is 10.6 Å². The molecule has 4 bridgehead atoms. The minimum atomic E-state index is -0.250. The van der Waals surface area contributed by atoms with Crippen LogP contribution in [-0.4, -0.2) is 30.1 Å². The molecule has 0 amide bonds. The van der Waals surface area contributed by atoms with E-state index in [2.05, 4.69) is 52.0 Å². The summed E-state index contributed by atoms with van der Waals surface area (Å²) in [6.45, 7) is 5.96. The van der Waals surface area contributed by atoms with E-state index in [-0.39, 0.29) is 26.8 Å². The van der Waals surface area contributed by atoms with Gasteiger partial charge in [-0.15, -0.1) is 0 Å². The smallest absolute Gasteiger partial charge is 0.338 e. The molecule has 3 aromatic carbocycles. The van der Waals surface area contributed by atoms with Gasteiger partial charge >= 0.3 is 11.9 Å². The first-order valence-electron chi connectivity index (χ1n) is 21.4. The molecule has 4 aromatic rings. The van der Waals surface area contributed by atoms with E-state index in [9.17, 15) is 9.59 Å². The minimum Gasteiger partial charge on any atom is -0.462 e. The number of nitrogens with one attached hydrogen (secondary N) is 2. The number of hydrogen-bond donors (Lipinski definition) is 2. The lowest BCUT2D eigenvalue weighted by Gasteiger charge is -2.57. The van der Waals surface area contributed by atoms with Gasteiger partial charge in [0.1, 0.15) is 0 Å². The lowest BCUT2D eigenvalue weighted by Crippen LogP contribution is -2.47. The molecule has 58 heavy (non-hydrogen) atoms. The van der Waals surface area contributed by atoms with Crippen LogP contribution in [0.3, 0.4) is 0 Å². The zero-order chi connectivity index (χ0) is 38.7. The average Bonchev–Trinajstić information content (AvgIpc) is 3.21. The molecule has 0 unspecified atom stereocenters. The molecule has 0 saturated heterocycles. The summed E-state index contributed by atoms with van der Waals surface area (Å²) in [7, 11) is 0. The number of carbonyl (C=O) groups excluding carboxylic acids is 2. The lowest BCUT2D eigenvalue weighted by molar-refractivity contribution is -0.0521. The number of carbonyl (C=O) groups is 2. The standard InChI is InChI=1S/C26H32N2O2.C23H29NO2.2CH4/c1-2-30-25(29)22-3-4-23(24(12-22)28-17-18-5-7-27-8-6-18)16-26-13-19-9-20(14-26)11-21(10-19)15-26;1-2-26-23(25)21-14-13-20(15-18-9-5-3-6-10-18)22(16-21)24-17-19-11-7-4-8-12-19;;/h3-8,12,19-21,28H,2,9-11,13-17H2,1H3;4,7-8,11-14,16,18,24H,2-3,5-6,9-10,15,17H2,1H3;2*1H4. The van der Waals surface area contributed by atoms with Gasteiger partial charge in [0.05, 0.1) is 24.3 Å². The van der Waals surface area contributed by atoms with Crippen molar-refractivity contribution in [2.45, 2.75) is 125 Å². The summed E-state index contributed by atoms with van der Waals surface area (Å²) in [4.78, 5) is 28.6. The van der Waals surface area contributed by atoms with Crippen LogP contribution in [0.1, 0.15) is 142 Å². The highest BCUT2D eigenvalue weighted by molar-refractivity contribution is 5.91. The Morgan fingerprint density at radius 2 is 1.16 bits per heavy atom. The topological polar surface area (TPSA) is 89.6 Å². The van der Waals surface area contributed by atoms with E-state index in [4.69, 9.17) is 9.47 Å². The Balaban J connectivity index is 0.000000216. The lowest BCUT2D eigenvalue weighted by atomic mass is 9.48. The Morgan fingerprint density at radius 1 is 0.655 bits per heavy atom. The molecule has 0 spiro atoms. The number of rotatable bonds is 14. The summed E-state index contributed by atoms with van der Waals surface area (Å²) in [6.07, 6.45) is 21.1. The second-order valence-corrected chi connectivity index (χ2v) is 17.0. The number of aromatic nitrogens is 1. The van der Waals surface area contributed by atoms with Gasteiger partial charge in [0, 0.05) is 36.9 Å². The van der Waals surface area contributed by atoms with E-state index in [0.717, 1.165) is 61.0 Å². The molecular formula is C51H69N3O4. The van der Waals surface area contributed by atoms with Crippen molar-refractivity contribution < 1.29 is 19.1 Å². The molecule has 7 nitrogen and oxygen atoms in total. The first kappa shape index (κ1) is 44.5. The van der Waals surface area contributed by atoms with Gasteiger partial charge in [-0.3, -0.25) is 4.98 Å². The van der Waals surface area contributed by atoms with Crippen LogP contribution in [0.2, 0.25) is 0 Å². The predicted octanol–water partition coefficient (Wildman–Crippen LogP) is 12.5. The molecule has 1 aromatic heterocycles. The first-order valence-corrected chi connectivity index (χ1v) is 21.4. The Kier molecular flexibility index (Phi) is 16.4. The van der Waals surface area contributed by atoms with Crippen molar-refractivity contribution in [2.24, 2.45) is 29.1 Å². The van der Waals surface area contributed by atoms with E-state index >= 15 is 0 Å². The molecule has 5 aliphatic rings. The fourth-order valence-corrected chi connectivity index (χ4v) is 10.6. The molecule has 1 heterocycles. The Labute approximate surface area is 349 Å². The molecule has 5 fully saturated rings. The number of hydrogen-bond acceptors (Lipinski definition) is 7. The third kappa shape index (κ3) is 11.7. The summed E-state index contributed by atoms with van der Waals surface area (Å²) in [5, 5.41) is 7.16. The van der Waals surface area contributed by atoms with Gasteiger partial charge in [0.2, 0.25) is 0 Å². The van der Waals surface area contributed by atoms with E-state index < -0.39 is 0 Å². The number of pyridine rings is 1. The van der Waals surface area contributed by atoms with Crippen molar-refractivity contribution in [3.63, 3.8) is 0 Å². The van der Waals surface area contributed by atoms with Crippen molar-refractivity contribution in [1.82, 2.24) is 4.98 Å². The molecule has 0 atom stereocenters. The van der Waals surface area contributed by atoms with E-state index in [1.165, 1.54) is 92.9 Å². The molecule has 7 heteroatoms. The molecule has 0 aliphatic heterocycles. The molecule has 312 valence electrons. The summed E-state index contributed by atoms with van der Waals surface area (Å²) >= 11 is 0. The zero-order valence-corrected chi connectivity index (χ0v) is 33.6.